The highest BCUT2D eigenvalue weighted by molar-refractivity contribution is 5.96. The van der Waals surface area contributed by atoms with Gasteiger partial charge in [0.2, 0.25) is 0 Å². The number of carbonyl (C=O) groups excluding carboxylic acids is 1. The fourth-order valence-electron chi connectivity index (χ4n) is 3.82. The van der Waals surface area contributed by atoms with Gasteiger partial charge in [0, 0.05) is 61.3 Å². The van der Waals surface area contributed by atoms with E-state index in [0.717, 1.165) is 53.9 Å². The number of fused-ring (bicyclic) bond motifs is 1. The van der Waals surface area contributed by atoms with E-state index in [2.05, 4.69) is 20.2 Å². The Hall–Kier alpha value is -3.61. The van der Waals surface area contributed by atoms with Crippen molar-refractivity contribution in [2.75, 3.05) is 20.1 Å². The minimum absolute atomic E-state index is 0.0563. The molecule has 4 rings (SSSR count). The van der Waals surface area contributed by atoms with E-state index in [-0.39, 0.29) is 11.9 Å². The van der Waals surface area contributed by atoms with E-state index in [0.29, 0.717) is 5.56 Å². The fraction of sp³-hybridized carbons (Fsp3) is 0.261. The van der Waals surface area contributed by atoms with E-state index in [1.165, 1.54) is 0 Å². The predicted octanol–water partition coefficient (Wildman–Crippen LogP) is 3.19. The van der Waals surface area contributed by atoms with Crippen LogP contribution in [-0.2, 0) is 0 Å². The van der Waals surface area contributed by atoms with Gasteiger partial charge in [-0.05, 0) is 37.1 Å². The molecule has 0 unspecified atom stereocenters. The van der Waals surface area contributed by atoms with E-state index in [1.54, 1.807) is 31.9 Å². The summed E-state index contributed by atoms with van der Waals surface area (Å²) in [6.45, 7) is 1.67. The predicted molar refractivity (Wildman–Crippen MR) is 118 cm³/mol. The molecule has 0 aliphatic carbocycles. The van der Waals surface area contributed by atoms with Gasteiger partial charge in [-0.2, -0.15) is 0 Å². The molecule has 1 aromatic carbocycles. The number of nitrogens with one attached hydrogen (secondary N) is 1. The lowest BCUT2D eigenvalue weighted by Crippen LogP contribution is -2.44. The Morgan fingerprint density at radius 2 is 2.00 bits per heavy atom. The van der Waals surface area contributed by atoms with Crippen LogP contribution in [0.4, 0.5) is 0 Å². The third-order valence-electron chi connectivity index (χ3n) is 5.43. The molecule has 0 bridgehead atoms. The van der Waals surface area contributed by atoms with Crippen molar-refractivity contribution in [3.8, 4) is 11.3 Å². The zero-order valence-electron chi connectivity index (χ0n) is 16.9. The van der Waals surface area contributed by atoms with Crippen LogP contribution in [0.2, 0.25) is 0 Å². The zero-order chi connectivity index (χ0) is 20.9. The number of aromatic nitrogens is 1. The van der Waals surface area contributed by atoms with Gasteiger partial charge in [0.1, 0.15) is 5.58 Å². The average Bonchev–Trinajstić information content (AvgIpc) is 3.27. The molecule has 0 saturated carbocycles. The summed E-state index contributed by atoms with van der Waals surface area (Å²) in [5.41, 5.74) is 9.84. The first-order valence-corrected chi connectivity index (χ1v) is 10.0. The monoisotopic (exact) mass is 403 g/mol. The fourth-order valence-corrected chi connectivity index (χ4v) is 3.82. The number of hydrogen-bond acceptors (Lipinski definition) is 6. The van der Waals surface area contributed by atoms with Crippen LogP contribution in [0.5, 0.6) is 0 Å². The highest BCUT2D eigenvalue weighted by Crippen LogP contribution is 2.27. The summed E-state index contributed by atoms with van der Waals surface area (Å²) in [5, 5.41) is 4.11. The number of pyridine rings is 1. The van der Waals surface area contributed by atoms with Crippen molar-refractivity contribution in [1.29, 1.82) is 0 Å². The molecule has 0 radical (unpaired) electrons. The maximum absolute atomic E-state index is 12.7. The first kappa shape index (κ1) is 19.7. The lowest BCUT2D eigenvalue weighted by Gasteiger charge is -2.34. The van der Waals surface area contributed by atoms with Gasteiger partial charge in [-0.25, -0.2) is 0 Å². The van der Waals surface area contributed by atoms with E-state index >= 15 is 0 Å². The molecule has 3 heterocycles. The number of allylic oxidation sites excluding steroid dienone is 1. The van der Waals surface area contributed by atoms with Gasteiger partial charge < -0.3 is 20.4 Å². The van der Waals surface area contributed by atoms with Gasteiger partial charge in [0.25, 0.3) is 5.91 Å². The van der Waals surface area contributed by atoms with Crippen LogP contribution in [0.15, 0.2) is 70.2 Å². The SMILES string of the molecule is CN=CC(=CN)N1CCC(NC(=O)c2ccc(-c3nccc4occc34)cc2)CC1. The van der Waals surface area contributed by atoms with E-state index in [9.17, 15) is 4.79 Å². The molecule has 1 saturated heterocycles. The molecular weight excluding hydrogens is 378 g/mol. The smallest absolute Gasteiger partial charge is 0.251 e. The second kappa shape index (κ2) is 8.82. The second-order valence-electron chi connectivity index (χ2n) is 7.28. The number of rotatable bonds is 5. The number of carbonyl (C=O) groups is 1. The quantitative estimate of drug-likeness (QED) is 0.638. The molecule has 30 heavy (non-hydrogen) atoms. The zero-order valence-corrected chi connectivity index (χ0v) is 16.9. The van der Waals surface area contributed by atoms with Gasteiger partial charge in [0.15, 0.2) is 0 Å². The molecule has 1 aliphatic rings. The maximum Gasteiger partial charge on any atom is 0.251 e. The number of likely N-dealkylation sites (tertiary alicyclic amines) is 1. The molecular formula is C23H25N5O2. The molecule has 3 aromatic rings. The summed E-state index contributed by atoms with van der Waals surface area (Å²) >= 11 is 0. The Morgan fingerprint density at radius 1 is 1.23 bits per heavy atom. The van der Waals surface area contributed by atoms with Crippen LogP contribution in [0.3, 0.4) is 0 Å². The number of hydrogen-bond donors (Lipinski definition) is 2. The van der Waals surface area contributed by atoms with E-state index in [4.69, 9.17) is 10.2 Å². The summed E-state index contributed by atoms with van der Waals surface area (Å²) in [6.07, 6.45) is 8.46. The number of furan rings is 1. The Morgan fingerprint density at radius 3 is 2.70 bits per heavy atom. The minimum Gasteiger partial charge on any atom is -0.464 e. The Bertz CT molecular complexity index is 1080. The van der Waals surface area contributed by atoms with Crippen LogP contribution in [0.1, 0.15) is 23.2 Å². The highest BCUT2D eigenvalue weighted by Gasteiger charge is 2.22. The highest BCUT2D eigenvalue weighted by atomic mass is 16.3. The molecule has 154 valence electrons. The van der Waals surface area contributed by atoms with Crippen molar-refractivity contribution >= 4 is 23.1 Å². The first-order chi connectivity index (χ1) is 14.7. The summed E-state index contributed by atoms with van der Waals surface area (Å²) in [5.74, 6) is -0.0563. The molecule has 7 heteroatoms. The van der Waals surface area contributed by atoms with Gasteiger partial charge in [-0.3, -0.25) is 14.8 Å². The third-order valence-corrected chi connectivity index (χ3v) is 5.43. The largest absolute Gasteiger partial charge is 0.464 e. The number of benzene rings is 1. The molecule has 1 aliphatic heterocycles. The third kappa shape index (κ3) is 4.05. The maximum atomic E-state index is 12.7. The van der Waals surface area contributed by atoms with Gasteiger partial charge in [-0.1, -0.05) is 12.1 Å². The van der Waals surface area contributed by atoms with Crippen molar-refractivity contribution in [2.24, 2.45) is 10.7 Å². The molecule has 7 nitrogen and oxygen atoms in total. The molecule has 0 atom stereocenters. The standard InChI is InChI=1S/C23H25N5O2/c1-25-15-19(14-24)28-11-7-18(8-12-28)27-23(29)17-4-2-16(3-5-17)22-20-9-13-30-21(20)6-10-26-22/h2-6,9-10,13-15,18H,7-8,11-12,24H2,1H3,(H,27,29). The summed E-state index contributed by atoms with van der Waals surface area (Å²) in [4.78, 5) is 23.4. The van der Waals surface area contributed by atoms with Crippen LogP contribution >= 0.6 is 0 Å². The Kier molecular flexibility index (Phi) is 5.79. The number of piperidine rings is 1. The summed E-state index contributed by atoms with van der Waals surface area (Å²) in [6, 6.07) is 11.4. The Labute approximate surface area is 175 Å². The van der Waals surface area contributed by atoms with Crippen LogP contribution < -0.4 is 11.1 Å². The van der Waals surface area contributed by atoms with Crippen molar-refractivity contribution in [3.05, 3.63) is 66.3 Å². The van der Waals surface area contributed by atoms with Crippen LogP contribution in [0.25, 0.3) is 22.2 Å². The number of nitrogens with zero attached hydrogens (tertiary/aromatic N) is 3. The van der Waals surface area contributed by atoms with Gasteiger partial charge >= 0.3 is 0 Å². The van der Waals surface area contributed by atoms with Crippen LogP contribution in [0, 0.1) is 0 Å². The van der Waals surface area contributed by atoms with Crippen molar-refractivity contribution in [3.63, 3.8) is 0 Å². The molecule has 3 N–H and O–H groups in total. The summed E-state index contributed by atoms with van der Waals surface area (Å²) in [7, 11) is 1.73. The second-order valence-corrected chi connectivity index (χ2v) is 7.28. The number of aliphatic imine (C=N–C) groups is 1. The average molecular weight is 403 g/mol. The lowest BCUT2D eigenvalue weighted by molar-refractivity contribution is 0.0919. The summed E-state index contributed by atoms with van der Waals surface area (Å²) < 4.78 is 5.44. The number of nitrogens with two attached hydrogens (primary N) is 1. The topological polar surface area (TPSA) is 96.8 Å². The van der Waals surface area contributed by atoms with Gasteiger partial charge in [0.05, 0.1) is 17.7 Å². The van der Waals surface area contributed by atoms with Gasteiger partial charge in [-0.15, -0.1) is 0 Å². The first-order valence-electron chi connectivity index (χ1n) is 10.0. The van der Waals surface area contributed by atoms with Crippen LogP contribution in [-0.4, -0.2) is 48.2 Å². The van der Waals surface area contributed by atoms with Crippen molar-refractivity contribution in [2.45, 2.75) is 18.9 Å². The lowest BCUT2D eigenvalue weighted by atomic mass is 10.0. The molecule has 1 amide bonds. The number of amides is 1. The Balaban J connectivity index is 1.39. The molecule has 0 spiro atoms. The van der Waals surface area contributed by atoms with Crippen molar-refractivity contribution < 1.29 is 9.21 Å². The van der Waals surface area contributed by atoms with Crippen molar-refractivity contribution in [1.82, 2.24) is 15.2 Å². The molecule has 2 aromatic heterocycles. The van der Waals surface area contributed by atoms with E-state index < -0.39 is 0 Å². The van der Waals surface area contributed by atoms with E-state index in [1.807, 2.05) is 36.4 Å². The molecule has 1 fully saturated rings. The normalized spacial score (nSPS) is 15.8. The minimum atomic E-state index is -0.0563.